The predicted molar refractivity (Wildman–Crippen MR) is 86.9 cm³/mol. The molecule has 1 atom stereocenters. The molecule has 0 radical (unpaired) electrons. The molecule has 1 aromatic rings. The number of rotatable bonds is 5. The normalized spacial score (nSPS) is 22.4. The van der Waals surface area contributed by atoms with Crippen molar-refractivity contribution in [2.24, 2.45) is 0 Å². The number of benzene rings is 1. The van der Waals surface area contributed by atoms with Crippen LogP contribution in [0.4, 0.5) is 0 Å². The van der Waals surface area contributed by atoms with Gasteiger partial charge in [0.25, 0.3) is 5.91 Å². The van der Waals surface area contributed by atoms with E-state index in [0.717, 1.165) is 37.1 Å². The topological polar surface area (TPSA) is 32.8 Å². The average molecular weight is 302 g/mol. The van der Waals surface area contributed by atoms with E-state index in [1.54, 1.807) is 7.11 Å². The number of hydrogen-bond donors (Lipinski definition) is 0. The Morgan fingerprint density at radius 1 is 1.23 bits per heavy atom. The number of amides is 1. The van der Waals surface area contributed by atoms with Crippen LogP contribution in [0.3, 0.4) is 0 Å². The molecule has 4 heteroatoms. The Morgan fingerprint density at radius 2 is 2.05 bits per heavy atom. The Balaban J connectivity index is 1.68. The lowest BCUT2D eigenvalue weighted by Crippen LogP contribution is -2.42. The lowest BCUT2D eigenvalue weighted by atomic mass is 10.1. The minimum atomic E-state index is 0.180. The molecule has 120 valence electrons. The van der Waals surface area contributed by atoms with Gasteiger partial charge < -0.3 is 14.5 Å². The first-order valence-electron chi connectivity index (χ1n) is 8.39. The van der Waals surface area contributed by atoms with Gasteiger partial charge in [-0.15, -0.1) is 0 Å². The zero-order valence-electron chi connectivity index (χ0n) is 13.5. The average Bonchev–Trinajstić information content (AvgIpc) is 3.19. The van der Waals surface area contributed by atoms with Crippen molar-refractivity contribution in [3.05, 3.63) is 35.4 Å². The second-order valence-electron chi connectivity index (χ2n) is 6.44. The van der Waals surface area contributed by atoms with Crippen molar-refractivity contribution in [2.45, 2.75) is 38.3 Å². The monoisotopic (exact) mass is 302 g/mol. The largest absolute Gasteiger partial charge is 0.380 e. The van der Waals surface area contributed by atoms with E-state index in [-0.39, 0.29) is 5.91 Å². The van der Waals surface area contributed by atoms with E-state index < -0.39 is 0 Å². The predicted octanol–water partition coefficient (Wildman–Crippen LogP) is 2.53. The van der Waals surface area contributed by atoms with Gasteiger partial charge in [0.05, 0.1) is 6.61 Å². The molecule has 22 heavy (non-hydrogen) atoms. The molecular weight excluding hydrogens is 276 g/mol. The van der Waals surface area contributed by atoms with E-state index in [9.17, 15) is 4.79 Å². The van der Waals surface area contributed by atoms with Crippen molar-refractivity contribution in [1.29, 1.82) is 0 Å². The molecule has 0 spiro atoms. The molecule has 0 unspecified atom stereocenters. The zero-order valence-corrected chi connectivity index (χ0v) is 13.5. The minimum Gasteiger partial charge on any atom is -0.380 e. The molecule has 1 aromatic carbocycles. The second kappa shape index (κ2) is 7.25. The van der Waals surface area contributed by atoms with Gasteiger partial charge in [0.15, 0.2) is 0 Å². The van der Waals surface area contributed by atoms with Gasteiger partial charge in [0, 0.05) is 31.8 Å². The Kier molecular flexibility index (Phi) is 5.11. The van der Waals surface area contributed by atoms with E-state index >= 15 is 0 Å². The van der Waals surface area contributed by atoms with Crippen LogP contribution in [0.5, 0.6) is 0 Å². The van der Waals surface area contributed by atoms with Gasteiger partial charge in [-0.1, -0.05) is 12.1 Å². The highest BCUT2D eigenvalue weighted by molar-refractivity contribution is 5.94. The van der Waals surface area contributed by atoms with Crippen molar-refractivity contribution in [3.8, 4) is 0 Å². The Labute approximate surface area is 133 Å². The van der Waals surface area contributed by atoms with Crippen molar-refractivity contribution < 1.29 is 9.53 Å². The molecule has 4 nitrogen and oxygen atoms in total. The van der Waals surface area contributed by atoms with E-state index in [1.165, 1.54) is 25.9 Å². The molecule has 2 fully saturated rings. The lowest BCUT2D eigenvalue weighted by Gasteiger charge is -2.28. The Morgan fingerprint density at radius 3 is 2.82 bits per heavy atom. The van der Waals surface area contributed by atoms with Gasteiger partial charge >= 0.3 is 0 Å². The van der Waals surface area contributed by atoms with E-state index in [1.807, 2.05) is 24.3 Å². The Hall–Kier alpha value is -1.39. The summed E-state index contributed by atoms with van der Waals surface area (Å²) >= 11 is 0. The molecule has 0 aliphatic carbocycles. The highest BCUT2D eigenvalue weighted by Gasteiger charge is 2.31. The number of carbonyl (C=O) groups excluding carboxylic acids is 1. The summed E-state index contributed by atoms with van der Waals surface area (Å²) in [6, 6.07) is 8.24. The standard InChI is InChI=1S/C18H26N2O2/c1-22-14-15-6-4-7-16(12-15)18(21)20-11-5-8-17(20)13-19-9-2-3-10-19/h4,6-7,12,17H,2-3,5,8-11,13-14H2,1H3/t17-/m0/s1. The molecule has 2 aliphatic heterocycles. The van der Waals surface area contributed by atoms with E-state index in [2.05, 4.69) is 9.80 Å². The quantitative estimate of drug-likeness (QED) is 0.838. The van der Waals surface area contributed by atoms with Crippen LogP contribution in [-0.2, 0) is 11.3 Å². The minimum absolute atomic E-state index is 0.180. The van der Waals surface area contributed by atoms with Crippen LogP contribution in [0, 0.1) is 0 Å². The number of methoxy groups -OCH3 is 1. The molecule has 0 saturated carbocycles. The summed E-state index contributed by atoms with van der Waals surface area (Å²) < 4.78 is 5.17. The second-order valence-corrected chi connectivity index (χ2v) is 6.44. The van der Waals surface area contributed by atoms with Crippen LogP contribution >= 0.6 is 0 Å². The first kappa shape index (κ1) is 15.5. The third-order valence-corrected chi connectivity index (χ3v) is 4.79. The maximum absolute atomic E-state index is 12.9. The molecule has 2 heterocycles. The van der Waals surface area contributed by atoms with Gasteiger partial charge in [-0.25, -0.2) is 0 Å². The zero-order chi connectivity index (χ0) is 15.4. The summed E-state index contributed by atoms with van der Waals surface area (Å²) in [6.45, 7) is 4.89. The smallest absolute Gasteiger partial charge is 0.254 e. The first-order chi connectivity index (χ1) is 10.8. The fourth-order valence-corrected chi connectivity index (χ4v) is 3.68. The van der Waals surface area contributed by atoms with Crippen LogP contribution < -0.4 is 0 Å². The first-order valence-corrected chi connectivity index (χ1v) is 8.39. The van der Waals surface area contributed by atoms with Crippen molar-refractivity contribution in [2.75, 3.05) is 33.3 Å². The fraction of sp³-hybridized carbons (Fsp3) is 0.611. The molecule has 3 rings (SSSR count). The molecule has 2 aliphatic rings. The number of ether oxygens (including phenoxy) is 1. The van der Waals surface area contributed by atoms with Crippen LogP contribution in [0.2, 0.25) is 0 Å². The van der Waals surface area contributed by atoms with Gasteiger partial charge in [-0.3, -0.25) is 4.79 Å². The molecular formula is C18H26N2O2. The number of likely N-dealkylation sites (tertiary alicyclic amines) is 2. The van der Waals surface area contributed by atoms with Gasteiger partial charge in [0.2, 0.25) is 0 Å². The van der Waals surface area contributed by atoms with Crippen molar-refractivity contribution in [3.63, 3.8) is 0 Å². The summed E-state index contributed by atoms with van der Waals surface area (Å²) in [5.74, 6) is 0.180. The fourth-order valence-electron chi connectivity index (χ4n) is 3.68. The molecule has 1 amide bonds. The summed E-state index contributed by atoms with van der Waals surface area (Å²) in [4.78, 5) is 17.5. The van der Waals surface area contributed by atoms with Crippen LogP contribution in [-0.4, -0.2) is 55.0 Å². The van der Waals surface area contributed by atoms with Crippen molar-refractivity contribution in [1.82, 2.24) is 9.80 Å². The van der Waals surface area contributed by atoms with Crippen LogP contribution in [0.25, 0.3) is 0 Å². The molecule has 2 saturated heterocycles. The molecule has 0 bridgehead atoms. The van der Waals surface area contributed by atoms with Crippen molar-refractivity contribution >= 4 is 5.91 Å². The SMILES string of the molecule is COCc1cccc(C(=O)N2CCC[C@H]2CN2CCCC2)c1. The third-order valence-electron chi connectivity index (χ3n) is 4.79. The highest BCUT2D eigenvalue weighted by atomic mass is 16.5. The maximum Gasteiger partial charge on any atom is 0.254 e. The maximum atomic E-state index is 12.9. The van der Waals surface area contributed by atoms with Gasteiger partial charge in [-0.2, -0.15) is 0 Å². The van der Waals surface area contributed by atoms with Crippen LogP contribution in [0.1, 0.15) is 41.6 Å². The summed E-state index contributed by atoms with van der Waals surface area (Å²) in [7, 11) is 1.68. The lowest BCUT2D eigenvalue weighted by molar-refractivity contribution is 0.0708. The summed E-state index contributed by atoms with van der Waals surface area (Å²) in [5.41, 5.74) is 1.85. The van der Waals surface area contributed by atoms with Crippen LogP contribution in [0.15, 0.2) is 24.3 Å². The van der Waals surface area contributed by atoms with Gasteiger partial charge in [0.1, 0.15) is 0 Å². The van der Waals surface area contributed by atoms with Gasteiger partial charge in [-0.05, 0) is 56.5 Å². The number of carbonyl (C=O) groups is 1. The Bertz CT molecular complexity index is 512. The number of nitrogens with zero attached hydrogens (tertiary/aromatic N) is 2. The van der Waals surface area contributed by atoms with E-state index in [4.69, 9.17) is 4.74 Å². The highest BCUT2D eigenvalue weighted by Crippen LogP contribution is 2.23. The summed E-state index contributed by atoms with van der Waals surface area (Å²) in [5, 5.41) is 0. The van der Waals surface area contributed by atoms with E-state index in [0.29, 0.717) is 12.6 Å². The molecule has 0 N–H and O–H groups in total. The summed E-state index contributed by atoms with van der Waals surface area (Å²) in [6.07, 6.45) is 4.88. The molecule has 0 aromatic heterocycles. The number of hydrogen-bond acceptors (Lipinski definition) is 3. The third kappa shape index (κ3) is 3.50.